The van der Waals surface area contributed by atoms with Gasteiger partial charge in [0.25, 0.3) is 0 Å². The van der Waals surface area contributed by atoms with Crippen molar-refractivity contribution in [1.82, 2.24) is 0 Å². The average molecular weight is 312 g/mol. The molecule has 0 saturated carbocycles. The van der Waals surface area contributed by atoms with E-state index in [0.717, 1.165) is 19.6 Å². The minimum atomic E-state index is -10.4. The standard InChI is InChI=1S/C3H9F5OSiTe/c1-10(2,3)9-11(4,5,6,7)8/h1-3H3. The van der Waals surface area contributed by atoms with Gasteiger partial charge in [0, 0.05) is 0 Å². The summed E-state index contributed by atoms with van der Waals surface area (Å²) in [6, 6.07) is 0. The molecule has 0 aliphatic rings. The Kier molecular flexibility index (Phi) is 2.03. The third kappa shape index (κ3) is 10.6. The van der Waals surface area contributed by atoms with Crippen LogP contribution < -0.4 is 0 Å². The zero-order valence-electron chi connectivity index (χ0n) is 6.21. The third-order valence-electron chi connectivity index (χ3n) is 0.407. The van der Waals surface area contributed by atoms with Crippen LogP contribution in [0, 0.1) is 0 Å². The summed E-state index contributed by atoms with van der Waals surface area (Å²) < 4.78 is 61.0. The summed E-state index contributed by atoms with van der Waals surface area (Å²) in [6.07, 6.45) is 0. The van der Waals surface area contributed by atoms with Crippen LogP contribution in [0.4, 0.5) is 14.5 Å². The zero-order valence-corrected chi connectivity index (χ0v) is 9.54. The normalized spacial score (nSPS) is 20.7. The second-order valence-corrected chi connectivity index (χ2v) is 14.0. The fourth-order valence-electron chi connectivity index (χ4n) is 0.472. The van der Waals surface area contributed by atoms with Gasteiger partial charge in [0.15, 0.2) is 0 Å². The predicted octanol–water partition coefficient (Wildman–Crippen LogP) is 3.02. The first-order valence-corrected chi connectivity index (χ1v) is 11.4. The Hall–Kier alpha value is 0.616. The maximum atomic E-state index is 11.6. The summed E-state index contributed by atoms with van der Waals surface area (Å²) in [4.78, 5) is 0. The molecule has 0 fully saturated rings. The van der Waals surface area contributed by atoms with E-state index in [4.69, 9.17) is 0 Å². The van der Waals surface area contributed by atoms with Crippen molar-refractivity contribution in [2.75, 3.05) is 0 Å². The minimum absolute atomic E-state index is 1.06. The van der Waals surface area contributed by atoms with Gasteiger partial charge in [0.1, 0.15) is 0 Å². The molecule has 0 aliphatic heterocycles. The molecular formula is C3H9F5OSiTe. The van der Waals surface area contributed by atoms with E-state index < -0.39 is 27.0 Å². The first-order chi connectivity index (χ1) is 4.18. The van der Waals surface area contributed by atoms with Gasteiger partial charge in [-0.1, -0.05) is 0 Å². The van der Waals surface area contributed by atoms with Crippen LogP contribution in [0.15, 0.2) is 0 Å². The van der Waals surface area contributed by atoms with Gasteiger partial charge >= 0.3 is 63.9 Å². The van der Waals surface area contributed by atoms with Crippen LogP contribution in [0.25, 0.3) is 0 Å². The molecule has 11 heavy (non-hydrogen) atoms. The molecule has 1 nitrogen and oxygen atoms in total. The second-order valence-electron chi connectivity index (χ2n) is 3.09. The number of hydrogen-bond donors (Lipinski definition) is 0. The fourth-order valence-corrected chi connectivity index (χ4v) is 9.51. The molecule has 0 bridgehead atoms. The average Bonchev–Trinajstić information content (AvgIpc) is 1.05. The summed E-state index contributed by atoms with van der Waals surface area (Å²) >= 11 is -10.4. The molecule has 8 heteroatoms. The van der Waals surface area contributed by atoms with Crippen molar-refractivity contribution in [2.45, 2.75) is 19.6 Å². The summed E-state index contributed by atoms with van der Waals surface area (Å²) in [6.45, 7) is 3.19. The molecular weight excluding hydrogens is 303 g/mol. The maximum absolute atomic E-state index is 11.6. The van der Waals surface area contributed by atoms with Crippen molar-refractivity contribution >= 4 is 27.0 Å². The van der Waals surface area contributed by atoms with Crippen LogP contribution in [0.5, 0.6) is 0 Å². The molecule has 0 unspecified atom stereocenters. The number of hydrogen-bond acceptors (Lipinski definition) is 1. The van der Waals surface area contributed by atoms with Crippen LogP contribution in [-0.2, 0) is 2.79 Å². The van der Waals surface area contributed by atoms with Gasteiger partial charge in [-0.3, -0.25) is 0 Å². The van der Waals surface area contributed by atoms with Gasteiger partial charge in [-0.15, -0.1) is 0 Å². The van der Waals surface area contributed by atoms with Crippen molar-refractivity contribution in [2.24, 2.45) is 0 Å². The fraction of sp³-hybridized carbons (Fsp3) is 1.00. The molecule has 0 rings (SSSR count). The van der Waals surface area contributed by atoms with E-state index in [1.165, 1.54) is 0 Å². The summed E-state index contributed by atoms with van der Waals surface area (Å²) in [5, 5.41) is 0. The number of halogens is 5. The van der Waals surface area contributed by atoms with Gasteiger partial charge in [0.2, 0.25) is 0 Å². The van der Waals surface area contributed by atoms with Crippen LogP contribution in [0.3, 0.4) is 0 Å². The zero-order chi connectivity index (χ0) is 9.62. The molecule has 0 heterocycles. The van der Waals surface area contributed by atoms with E-state index in [2.05, 4.69) is 2.79 Å². The van der Waals surface area contributed by atoms with Crippen molar-refractivity contribution in [1.29, 1.82) is 0 Å². The van der Waals surface area contributed by atoms with Gasteiger partial charge in [-0.25, -0.2) is 0 Å². The van der Waals surface area contributed by atoms with Crippen molar-refractivity contribution in [3.63, 3.8) is 0 Å². The van der Waals surface area contributed by atoms with E-state index in [9.17, 15) is 14.5 Å². The van der Waals surface area contributed by atoms with Gasteiger partial charge in [-0.05, 0) is 0 Å². The molecule has 0 saturated heterocycles. The molecule has 0 aromatic rings. The van der Waals surface area contributed by atoms with E-state index in [-0.39, 0.29) is 0 Å². The Morgan fingerprint density at radius 3 is 1.18 bits per heavy atom. The Balaban J connectivity index is 4.66. The van der Waals surface area contributed by atoms with Crippen LogP contribution in [-0.4, -0.2) is 27.0 Å². The Labute approximate surface area is 64.2 Å². The summed E-state index contributed by atoms with van der Waals surface area (Å²) in [5.74, 6) is 0. The summed E-state index contributed by atoms with van der Waals surface area (Å²) in [7, 11) is -3.23. The van der Waals surface area contributed by atoms with Crippen molar-refractivity contribution in [3.05, 3.63) is 0 Å². The van der Waals surface area contributed by atoms with Crippen molar-refractivity contribution in [3.8, 4) is 0 Å². The number of rotatable bonds is 2. The Morgan fingerprint density at radius 2 is 1.18 bits per heavy atom. The van der Waals surface area contributed by atoms with Crippen molar-refractivity contribution < 1.29 is 17.3 Å². The quantitative estimate of drug-likeness (QED) is 0.563. The molecule has 0 aromatic heterocycles. The third-order valence-corrected chi connectivity index (χ3v) is 8.20. The van der Waals surface area contributed by atoms with Crippen LogP contribution in [0.1, 0.15) is 0 Å². The van der Waals surface area contributed by atoms with E-state index in [1.54, 1.807) is 0 Å². The molecule has 72 valence electrons. The first kappa shape index (κ1) is 11.6. The molecule has 0 N–H and O–H groups in total. The molecule has 0 amide bonds. The van der Waals surface area contributed by atoms with E-state index in [1.807, 2.05) is 0 Å². The SMILES string of the molecule is C[Si](C)(C)O[Te](F)(F)(F)(F)F. The molecule has 0 radical (unpaired) electrons. The monoisotopic (exact) mass is 314 g/mol. The molecule has 0 aliphatic carbocycles. The predicted molar refractivity (Wildman–Crippen MR) is 35.7 cm³/mol. The Bertz CT molecular complexity index is 164. The molecule has 0 spiro atoms. The molecule has 0 atom stereocenters. The first-order valence-electron chi connectivity index (χ1n) is 2.64. The second kappa shape index (κ2) is 1.92. The molecule has 0 aromatic carbocycles. The van der Waals surface area contributed by atoms with Gasteiger partial charge in [-0.2, -0.15) is 0 Å². The Morgan fingerprint density at radius 1 is 0.909 bits per heavy atom. The van der Waals surface area contributed by atoms with E-state index >= 15 is 0 Å². The van der Waals surface area contributed by atoms with Crippen LogP contribution >= 0.6 is 0 Å². The van der Waals surface area contributed by atoms with Crippen LogP contribution in [0.2, 0.25) is 19.6 Å². The topological polar surface area (TPSA) is 9.23 Å². The van der Waals surface area contributed by atoms with Gasteiger partial charge in [0.05, 0.1) is 0 Å². The summed E-state index contributed by atoms with van der Waals surface area (Å²) in [5.41, 5.74) is 0. The van der Waals surface area contributed by atoms with E-state index in [0.29, 0.717) is 0 Å². The van der Waals surface area contributed by atoms with Gasteiger partial charge < -0.3 is 0 Å².